The maximum Gasteiger partial charge on any atom is 0.303 e. The molecule has 2 amide bonds. The molecule has 2 aliphatic heterocycles. The summed E-state index contributed by atoms with van der Waals surface area (Å²) in [6, 6.07) is 9.19. The minimum atomic E-state index is -0.767. The molecule has 0 spiro atoms. The summed E-state index contributed by atoms with van der Waals surface area (Å²) in [5.74, 6) is -0.642. The lowest BCUT2D eigenvalue weighted by Crippen LogP contribution is -2.48. The Kier molecular flexibility index (Phi) is 5.91. The maximum atomic E-state index is 12.9. The van der Waals surface area contributed by atoms with Crippen molar-refractivity contribution in [2.24, 2.45) is 11.8 Å². The van der Waals surface area contributed by atoms with E-state index >= 15 is 0 Å². The molecule has 1 unspecified atom stereocenters. The Morgan fingerprint density at radius 1 is 0.962 bits per heavy atom. The van der Waals surface area contributed by atoms with Crippen molar-refractivity contribution in [3.63, 3.8) is 0 Å². The van der Waals surface area contributed by atoms with Gasteiger partial charge < -0.3 is 14.9 Å². The fourth-order valence-corrected chi connectivity index (χ4v) is 3.99. The highest BCUT2D eigenvalue weighted by molar-refractivity contribution is 5.94. The molecule has 2 aliphatic rings. The van der Waals surface area contributed by atoms with Crippen molar-refractivity contribution in [2.45, 2.75) is 32.1 Å². The van der Waals surface area contributed by atoms with Gasteiger partial charge in [-0.2, -0.15) is 0 Å². The minimum Gasteiger partial charge on any atom is -0.481 e. The van der Waals surface area contributed by atoms with Crippen molar-refractivity contribution >= 4 is 17.8 Å². The van der Waals surface area contributed by atoms with Crippen molar-refractivity contribution < 1.29 is 19.5 Å². The van der Waals surface area contributed by atoms with Gasteiger partial charge >= 0.3 is 5.97 Å². The SMILES string of the molecule is O=C(O)CC1CCN(C(=O)C2CCCN(C(=O)c3ccccc3)C2)CC1. The topological polar surface area (TPSA) is 77.9 Å². The van der Waals surface area contributed by atoms with E-state index in [9.17, 15) is 14.4 Å². The van der Waals surface area contributed by atoms with Crippen LogP contribution in [0.15, 0.2) is 30.3 Å². The lowest BCUT2D eigenvalue weighted by atomic mass is 9.91. The van der Waals surface area contributed by atoms with Crippen LogP contribution in [-0.2, 0) is 9.59 Å². The van der Waals surface area contributed by atoms with Gasteiger partial charge in [0, 0.05) is 38.2 Å². The van der Waals surface area contributed by atoms with Crippen molar-refractivity contribution in [1.29, 1.82) is 0 Å². The second kappa shape index (κ2) is 8.34. The number of piperidine rings is 2. The van der Waals surface area contributed by atoms with Gasteiger partial charge in [0.05, 0.1) is 5.92 Å². The summed E-state index contributed by atoms with van der Waals surface area (Å²) in [5, 5.41) is 8.90. The van der Waals surface area contributed by atoms with Crippen LogP contribution in [0.1, 0.15) is 42.5 Å². The van der Waals surface area contributed by atoms with Gasteiger partial charge in [0.1, 0.15) is 0 Å². The van der Waals surface area contributed by atoms with Gasteiger partial charge in [-0.25, -0.2) is 0 Å². The van der Waals surface area contributed by atoms with Gasteiger partial charge in [-0.3, -0.25) is 14.4 Å². The van der Waals surface area contributed by atoms with Crippen LogP contribution >= 0.6 is 0 Å². The van der Waals surface area contributed by atoms with E-state index in [1.165, 1.54) is 0 Å². The third kappa shape index (κ3) is 4.42. The molecule has 1 aromatic carbocycles. The summed E-state index contributed by atoms with van der Waals surface area (Å²) in [6.07, 6.45) is 3.33. The van der Waals surface area contributed by atoms with Gasteiger partial charge in [-0.05, 0) is 43.7 Å². The number of benzene rings is 1. The number of hydrogen-bond acceptors (Lipinski definition) is 3. The minimum absolute atomic E-state index is 0.0109. The molecule has 0 aliphatic carbocycles. The first-order chi connectivity index (χ1) is 12.5. The normalized spacial score (nSPS) is 21.5. The van der Waals surface area contributed by atoms with E-state index in [2.05, 4.69) is 0 Å². The molecule has 0 bridgehead atoms. The molecule has 2 heterocycles. The summed E-state index contributed by atoms with van der Waals surface area (Å²) in [4.78, 5) is 40.0. The molecule has 2 fully saturated rings. The molecule has 3 rings (SSSR count). The van der Waals surface area contributed by atoms with E-state index in [1.54, 1.807) is 17.0 Å². The van der Waals surface area contributed by atoms with Crippen LogP contribution in [-0.4, -0.2) is 58.9 Å². The maximum absolute atomic E-state index is 12.9. The van der Waals surface area contributed by atoms with Crippen molar-refractivity contribution in [3.05, 3.63) is 35.9 Å². The summed E-state index contributed by atoms with van der Waals surface area (Å²) >= 11 is 0. The van der Waals surface area contributed by atoms with Crippen molar-refractivity contribution in [1.82, 2.24) is 9.80 Å². The first kappa shape index (κ1) is 18.4. The number of carboxylic acid groups (broad SMARTS) is 1. The van der Waals surface area contributed by atoms with E-state index in [0.29, 0.717) is 31.7 Å². The average molecular weight is 358 g/mol. The lowest BCUT2D eigenvalue weighted by molar-refractivity contribution is -0.140. The van der Waals surface area contributed by atoms with E-state index in [4.69, 9.17) is 5.11 Å². The molecule has 1 N–H and O–H groups in total. The third-order valence-corrected chi connectivity index (χ3v) is 5.47. The quantitative estimate of drug-likeness (QED) is 0.895. The zero-order valence-electron chi connectivity index (χ0n) is 15.0. The van der Waals surface area contributed by atoms with Crippen LogP contribution < -0.4 is 0 Å². The molecule has 1 aromatic rings. The molecule has 0 aromatic heterocycles. The van der Waals surface area contributed by atoms with Gasteiger partial charge in [0.15, 0.2) is 0 Å². The van der Waals surface area contributed by atoms with Gasteiger partial charge in [0.25, 0.3) is 5.91 Å². The molecule has 2 saturated heterocycles. The number of likely N-dealkylation sites (tertiary alicyclic amines) is 2. The Hall–Kier alpha value is -2.37. The molecular weight excluding hydrogens is 332 g/mol. The van der Waals surface area contributed by atoms with E-state index in [0.717, 1.165) is 25.7 Å². The predicted molar refractivity (Wildman–Crippen MR) is 96.6 cm³/mol. The number of nitrogens with zero attached hydrogens (tertiary/aromatic N) is 2. The highest BCUT2D eigenvalue weighted by Crippen LogP contribution is 2.25. The van der Waals surface area contributed by atoms with Crippen LogP contribution in [0, 0.1) is 11.8 Å². The highest BCUT2D eigenvalue weighted by atomic mass is 16.4. The molecule has 0 radical (unpaired) electrons. The Balaban J connectivity index is 1.55. The number of aliphatic carboxylic acids is 1. The summed E-state index contributed by atoms with van der Waals surface area (Å²) in [5.41, 5.74) is 0.662. The Morgan fingerprint density at radius 2 is 1.65 bits per heavy atom. The summed E-state index contributed by atoms with van der Waals surface area (Å²) in [6.45, 7) is 2.42. The zero-order valence-corrected chi connectivity index (χ0v) is 15.0. The lowest BCUT2D eigenvalue weighted by Gasteiger charge is -2.37. The zero-order chi connectivity index (χ0) is 18.5. The fourth-order valence-electron chi connectivity index (χ4n) is 3.99. The van der Waals surface area contributed by atoms with E-state index < -0.39 is 5.97 Å². The first-order valence-electron chi connectivity index (χ1n) is 9.39. The predicted octanol–water partition coefficient (Wildman–Crippen LogP) is 2.25. The van der Waals surface area contributed by atoms with Crippen LogP contribution in [0.3, 0.4) is 0 Å². The van der Waals surface area contributed by atoms with E-state index in [1.807, 2.05) is 23.1 Å². The molecule has 140 valence electrons. The number of carbonyl (C=O) groups is 3. The monoisotopic (exact) mass is 358 g/mol. The standard InChI is InChI=1S/C20H26N2O4/c23-18(24)13-15-8-11-21(12-9-15)20(26)17-7-4-10-22(14-17)19(25)16-5-2-1-3-6-16/h1-3,5-6,15,17H,4,7-14H2,(H,23,24). The first-order valence-corrected chi connectivity index (χ1v) is 9.39. The van der Waals surface area contributed by atoms with Crippen molar-refractivity contribution in [3.8, 4) is 0 Å². The van der Waals surface area contributed by atoms with Crippen molar-refractivity contribution in [2.75, 3.05) is 26.2 Å². The summed E-state index contributed by atoms with van der Waals surface area (Å²) in [7, 11) is 0. The van der Waals surface area contributed by atoms with Crippen LogP contribution in [0.4, 0.5) is 0 Å². The number of rotatable bonds is 4. The highest BCUT2D eigenvalue weighted by Gasteiger charge is 2.33. The van der Waals surface area contributed by atoms with E-state index in [-0.39, 0.29) is 30.1 Å². The summed E-state index contributed by atoms with van der Waals surface area (Å²) < 4.78 is 0. The third-order valence-electron chi connectivity index (χ3n) is 5.47. The van der Waals surface area contributed by atoms with Crippen LogP contribution in [0.25, 0.3) is 0 Å². The fraction of sp³-hybridized carbons (Fsp3) is 0.550. The molecule has 0 saturated carbocycles. The molecule has 1 atom stereocenters. The second-order valence-electron chi connectivity index (χ2n) is 7.32. The Labute approximate surface area is 153 Å². The molecular formula is C20H26N2O4. The molecule has 6 nitrogen and oxygen atoms in total. The largest absolute Gasteiger partial charge is 0.481 e. The average Bonchev–Trinajstić information content (AvgIpc) is 2.68. The van der Waals surface area contributed by atoms with Gasteiger partial charge in [-0.15, -0.1) is 0 Å². The number of carbonyl (C=O) groups excluding carboxylic acids is 2. The smallest absolute Gasteiger partial charge is 0.303 e. The second-order valence-corrected chi connectivity index (χ2v) is 7.32. The van der Waals surface area contributed by atoms with Gasteiger partial charge in [-0.1, -0.05) is 18.2 Å². The number of carboxylic acids is 1. The van der Waals surface area contributed by atoms with Crippen LogP contribution in [0.2, 0.25) is 0 Å². The Morgan fingerprint density at radius 3 is 2.31 bits per heavy atom. The van der Waals surface area contributed by atoms with Crippen LogP contribution in [0.5, 0.6) is 0 Å². The molecule has 26 heavy (non-hydrogen) atoms. The Bertz CT molecular complexity index is 653. The number of hydrogen-bond donors (Lipinski definition) is 1. The molecule has 6 heteroatoms. The number of amides is 2. The van der Waals surface area contributed by atoms with Gasteiger partial charge in [0.2, 0.25) is 5.91 Å².